The number of carboxylic acids is 1. The zero-order valence-corrected chi connectivity index (χ0v) is 11.7. The van der Waals surface area contributed by atoms with E-state index in [2.05, 4.69) is 0 Å². The van der Waals surface area contributed by atoms with Gasteiger partial charge in [0, 0.05) is 13.5 Å². The van der Waals surface area contributed by atoms with E-state index in [0.717, 1.165) is 12.2 Å². The second-order valence-corrected chi connectivity index (χ2v) is 6.19. The first-order valence-electron chi connectivity index (χ1n) is 6.16. The van der Waals surface area contributed by atoms with Gasteiger partial charge in [0.2, 0.25) is 0 Å². The summed E-state index contributed by atoms with van der Waals surface area (Å²) in [6.45, 7) is 2.47. The van der Waals surface area contributed by atoms with Crippen LogP contribution in [0.3, 0.4) is 0 Å². The predicted octanol–water partition coefficient (Wildman–Crippen LogP) is 1.14. The SMILES string of the molecule is COCC(C)OCC(O)CC1(C(=O)O)CCCS1. The number of aliphatic hydroxyl groups is 1. The molecule has 1 rings (SSSR count). The van der Waals surface area contributed by atoms with Gasteiger partial charge in [0.1, 0.15) is 4.75 Å². The smallest absolute Gasteiger partial charge is 0.319 e. The highest BCUT2D eigenvalue weighted by atomic mass is 32.2. The van der Waals surface area contributed by atoms with Crippen molar-refractivity contribution >= 4 is 17.7 Å². The fourth-order valence-corrected chi connectivity index (χ4v) is 3.51. The number of methoxy groups -OCH3 is 1. The van der Waals surface area contributed by atoms with E-state index in [1.54, 1.807) is 7.11 Å². The highest BCUT2D eigenvalue weighted by Gasteiger charge is 2.43. The zero-order valence-electron chi connectivity index (χ0n) is 10.9. The maximum atomic E-state index is 11.3. The molecule has 0 spiro atoms. The number of carbonyl (C=O) groups is 1. The lowest BCUT2D eigenvalue weighted by molar-refractivity contribution is -0.141. The molecule has 0 aliphatic carbocycles. The van der Waals surface area contributed by atoms with Crippen LogP contribution < -0.4 is 0 Å². The average molecular weight is 278 g/mol. The van der Waals surface area contributed by atoms with Gasteiger partial charge in [-0.25, -0.2) is 0 Å². The molecule has 3 atom stereocenters. The van der Waals surface area contributed by atoms with Gasteiger partial charge in [0.05, 0.1) is 25.4 Å². The third-order valence-electron chi connectivity index (χ3n) is 3.03. The Hall–Kier alpha value is -0.300. The Morgan fingerprint density at radius 2 is 2.22 bits per heavy atom. The number of ether oxygens (including phenoxy) is 2. The molecule has 106 valence electrons. The number of hydrogen-bond donors (Lipinski definition) is 2. The monoisotopic (exact) mass is 278 g/mol. The van der Waals surface area contributed by atoms with Gasteiger partial charge in [0.25, 0.3) is 0 Å². The Morgan fingerprint density at radius 3 is 2.72 bits per heavy atom. The molecule has 0 aromatic carbocycles. The van der Waals surface area contributed by atoms with Gasteiger partial charge < -0.3 is 19.7 Å². The van der Waals surface area contributed by atoms with Gasteiger partial charge in [-0.2, -0.15) is 0 Å². The molecular weight excluding hydrogens is 256 g/mol. The van der Waals surface area contributed by atoms with Crippen LogP contribution in [0.15, 0.2) is 0 Å². The number of aliphatic hydroxyl groups excluding tert-OH is 1. The van der Waals surface area contributed by atoms with Crippen molar-refractivity contribution in [1.82, 2.24) is 0 Å². The molecule has 18 heavy (non-hydrogen) atoms. The van der Waals surface area contributed by atoms with Crippen LogP contribution in [0.5, 0.6) is 0 Å². The minimum absolute atomic E-state index is 0.0957. The minimum Gasteiger partial charge on any atom is -0.480 e. The maximum absolute atomic E-state index is 11.3. The first-order chi connectivity index (χ1) is 8.50. The topological polar surface area (TPSA) is 76.0 Å². The van der Waals surface area contributed by atoms with Crippen LogP contribution in [0.4, 0.5) is 0 Å². The first-order valence-corrected chi connectivity index (χ1v) is 7.14. The van der Waals surface area contributed by atoms with Crippen LogP contribution in [0, 0.1) is 0 Å². The lowest BCUT2D eigenvalue weighted by Gasteiger charge is -2.26. The van der Waals surface area contributed by atoms with Gasteiger partial charge in [-0.05, 0) is 25.5 Å². The van der Waals surface area contributed by atoms with E-state index in [1.807, 2.05) is 6.92 Å². The molecular formula is C12H22O5S. The molecule has 1 saturated heterocycles. The summed E-state index contributed by atoms with van der Waals surface area (Å²) >= 11 is 1.43. The molecule has 6 heteroatoms. The molecule has 1 aliphatic rings. The van der Waals surface area contributed by atoms with Crippen LogP contribution in [-0.4, -0.2) is 59.2 Å². The van der Waals surface area contributed by atoms with E-state index in [-0.39, 0.29) is 19.1 Å². The highest BCUT2D eigenvalue weighted by Crippen LogP contribution is 2.42. The predicted molar refractivity (Wildman–Crippen MR) is 70.0 cm³/mol. The Morgan fingerprint density at radius 1 is 1.50 bits per heavy atom. The largest absolute Gasteiger partial charge is 0.480 e. The molecule has 3 unspecified atom stereocenters. The summed E-state index contributed by atoms with van der Waals surface area (Å²) in [5, 5.41) is 19.2. The molecule has 1 fully saturated rings. The normalized spacial score (nSPS) is 27.1. The van der Waals surface area contributed by atoms with Crippen molar-refractivity contribution in [1.29, 1.82) is 0 Å². The third kappa shape index (κ3) is 4.42. The van der Waals surface area contributed by atoms with Gasteiger partial charge in [0.15, 0.2) is 0 Å². The highest BCUT2D eigenvalue weighted by molar-refractivity contribution is 8.01. The van der Waals surface area contributed by atoms with Crippen molar-refractivity contribution in [3.8, 4) is 0 Å². The second kappa shape index (κ2) is 7.33. The lowest BCUT2D eigenvalue weighted by atomic mass is 9.96. The molecule has 1 heterocycles. The third-order valence-corrected chi connectivity index (χ3v) is 4.62. The van der Waals surface area contributed by atoms with Crippen LogP contribution in [0.25, 0.3) is 0 Å². The molecule has 0 amide bonds. The van der Waals surface area contributed by atoms with E-state index in [9.17, 15) is 15.0 Å². The van der Waals surface area contributed by atoms with Gasteiger partial charge in [-0.1, -0.05) is 0 Å². The van der Waals surface area contributed by atoms with E-state index in [4.69, 9.17) is 9.47 Å². The summed E-state index contributed by atoms with van der Waals surface area (Å²) < 4.78 is 9.50. The van der Waals surface area contributed by atoms with Gasteiger partial charge in [-0.15, -0.1) is 11.8 Å². The van der Waals surface area contributed by atoms with Crippen LogP contribution in [0.2, 0.25) is 0 Å². The van der Waals surface area contributed by atoms with Crippen molar-refractivity contribution in [2.45, 2.75) is 43.1 Å². The maximum Gasteiger partial charge on any atom is 0.319 e. The van der Waals surface area contributed by atoms with Crippen molar-refractivity contribution in [2.24, 2.45) is 0 Å². The summed E-state index contributed by atoms with van der Waals surface area (Å²) in [4.78, 5) is 11.3. The molecule has 0 saturated carbocycles. The van der Waals surface area contributed by atoms with Gasteiger partial charge >= 0.3 is 5.97 Å². The van der Waals surface area contributed by atoms with Crippen molar-refractivity contribution in [2.75, 3.05) is 26.1 Å². The lowest BCUT2D eigenvalue weighted by Crippen LogP contribution is -2.38. The van der Waals surface area contributed by atoms with E-state index >= 15 is 0 Å². The first kappa shape index (κ1) is 15.8. The second-order valence-electron chi connectivity index (χ2n) is 4.71. The molecule has 2 N–H and O–H groups in total. The fourth-order valence-electron chi connectivity index (χ4n) is 2.11. The summed E-state index contributed by atoms with van der Waals surface area (Å²) in [5.74, 6) is 0.0222. The Balaban J connectivity index is 2.38. The van der Waals surface area contributed by atoms with Crippen molar-refractivity contribution in [3.63, 3.8) is 0 Å². The molecule has 0 aromatic rings. The van der Waals surface area contributed by atoms with Crippen LogP contribution in [0.1, 0.15) is 26.2 Å². The average Bonchev–Trinajstić information content (AvgIpc) is 2.77. The molecule has 0 aromatic heterocycles. The molecule has 5 nitrogen and oxygen atoms in total. The van der Waals surface area contributed by atoms with E-state index < -0.39 is 16.8 Å². The summed E-state index contributed by atoms with van der Waals surface area (Å²) in [6, 6.07) is 0. The fraction of sp³-hybridized carbons (Fsp3) is 0.917. The minimum atomic E-state index is -0.826. The van der Waals surface area contributed by atoms with Crippen molar-refractivity contribution in [3.05, 3.63) is 0 Å². The Kier molecular flexibility index (Phi) is 6.42. The quantitative estimate of drug-likeness (QED) is 0.693. The summed E-state index contributed by atoms with van der Waals surface area (Å²) in [5.41, 5.74) is 0. The zero-order chi connectivity index (χ0) is 13.6. The number of thioether (sulfide) groups is 1. The number of aliphatic carboxylic acids is 1. The molecule has 0 radical (unpaired) electrons. The van der Waals surface area contributed by atoms with Gasteiger partial charge in [-0.3, -0.25) is 4.79 Å². The summed E-state index contributed by atoms with van der Waals surface area (Å²) in [7, 11) is 1.59. The van der Waals surface area contributed by atoms with Crippen molar-refractivity contribution < 1.29 is 24.5 Å². The van der Waals surface area contributed by atoms with E-state index in [1.165, 1.54) is 11.8 Å². The van der Waals surface area contributed by atoms with E-state index in [0.29, 0.717) is 13.0 Å². The Labute approximate surface area is 112 Å². The Bertz CT molecular complexity index is 265. The van der Waals surface area contributed by atoms with Crippen LogP contribution >= 0.6 is 11.8 Å². The standard InChI is InChI=1S/C12H22O5S/c1-9(7-16-2)17-8-10(13)6-12(11(14)15)4-3-5-18-12/h9-10,13H,3-8H2,1-2H3,(H,14,15). The molecule has 0 bridgehead atoms. The number of carboxylic acid groups (broad SMARTS) is 1. The number of rotatable bonds is 8. The summed E-state index contributed by atoms with van der Waals surface area (Å²) in [6.07, 6.45) is 0.919. The number of hydrogen-bond acceptors (Lipinski definition) is 5. The van der Waals surface area contributed by atoms with Crippen LogP contribution in [-0.2, 0) is 14.3 Å². The molecule has 1 aliphatic heterocycles.